The van der Waals surface area contributed by atoms with Gasteiger partial charge in [0, 0.05) is 18.8 Å². The molecule has 6 heteroatoms. The van der Waals surface area contributed by atoms with Crippen molar-refractivity contribution in [2.75, 3.05) is 0 Å². The molecule has 2 aromatic heterocycles. The molecule has 6 nitrogen and oxygen atoms in total. The summed E-state index contributed by atoms with van der Waals surface area (Å²) in [4.78, 5) is 20.5. The molecule has 1 amide bonds. The Bertz CT molecular complexity index is 634. The summed E-state index contributed by atoms with van der Waals surface area (Å²) >= 11 is 0. The molecule has 4 rings (SSSR count). The number of amides is 1. The van der Waals surface area contributed by atoms with Crippen LogP contribution in [0.2, 0.25) is 0 Å². The number of hydrogen-bond donors (Lipinski definition) is 1. The van der Waals surface area contributed by atoms with Crippen LogP contribution in [0.15, 0.2) is 18.5 Å². The van der Waals surface area contributed by atoms with Crippen molar-refractivity contribution in [1.82, 2.24) is 24.9 Å². The summed E-state index contributed by atoms with van der Waals surface area (Å²) in [6.07, 6.45) is 9.43. The number of carbonyl (C=O) groups excluding carboxylic acids is 1. The molecule has 2 aromatic rings. The van der Waals surface area contributed by atoms with E-state index in [9.17, 15) is 4.79 Å². The lowest BCUT2D eigenvalue weighted by atomic mass is 9.86. The van der Waals surface area contributed by atoms with Gasteiger partial charge in [-0.05, 0) is 43.1 Å². The molecule has 0 radical (unpaired) electrons. The van der Waals surface area contributed by atoms with Gasteiger partial charge in [0.2, 0.25) is 5.91 Å². The molecule has 0 spiro atoms. The van der Waals surface area contributed by atoms with Crippen LogP contribution in [0.4, 0.5) is 0 Å². The standard InChI is InChI=1S/C15H19N5O/c21-14(8-12-7-10-2-3-11(12)6-10)17-9-13-18-15-16-4-1-5-20(15)19-13/h1,4-5,10-12H,2-3,6-9H2,(H,17,21). The quantitative estimate of drug-likeness (QED) is 0.925. The van der Waals surface area contributed by atoms with E-state index in [0.717, 1.165) is 11.8 Å². The lowest BCUT2D eigenvalue weighted by molar-refractivity contribution is -0.122. The van der Waals surface area contributed by atoms with Gasteiger partial charge in [-0.3, -0.25) is 4.79 Å². The first-order valence-corrected chi connectivity index (χ1v) is 7.71. The molecule has 2 bridgehead atoms. The summed E-state index contributed by atoms with van der Waals surface area (Å²) in [5.74, 6) is 3.57. The van der Waals surface area contributed by atoms with Crippen molar-refractivity contribution in [2.45, 2.75) is 38.6 Å². The molecule has 0 saturated heterocycles. The third-order valence-electron chi connectivity index (χ3n) is 4.94. The summed E-state index contributed by atoms with van der Waals surface area (Å²) in [6.45, 7) is 0.378. The summed E-state index contributed by atoms with van der Waals surface area (Å²) in [5, 5.41) is 7.22. The molecule has 0 aromatic carbocycles. The minimum absolute atomic E-state index is 0.124. The Morgan fingerprint density at radius 1 is 1.38 bits per heavy atom. The molecule has 3 unspecified atom stereocenters. The van der Waals surface area contributed by atoms with Gasteiger partial charge < -0.3 is 5.32 Å². The third kappa shape index (κ3) is 2.50. The molecule has 2 aliphatic carbocycles. The first-order valence-electron chi connectivity index (χ1n) is 7.71. The summed E-state index contributed by atoms with van der Waals surface area (Å²) in [7, 11) is 0. The Hall–Kier alpha value is -1.98. The lowest BCUT2D eigenvalue weighted by Gasteiger charge is -2.20. The van der Waals surface area contributed by atoms with E-state index >= 15 is 0 Å². The van der Waals surface area contributed by atoms with Crippen molar-refractivity contribution >= 4 is 11.7 Å². The molecule has 2 aliphatic rings. The number of hydrogen-bond acceptors (Lipinski definition) is 4. The smallest absolute Gasteiger partial charge is 0.252 e. The van der Waals surface area contributed by atoms with Crippen molar-refractivity contribution in [3.8, 4) is 0 Å². The first kappa shape index (κ1) is 12.7. The van der Waals surface area contributed by atoms with Crippen LogP contribution in [0.25, 0.3) is 5.78 Å². The fraction of sp³-hybridized carbons (Fsp3) is 0.600. The van der Waals surface area contributed by atoms with E-state index in [-0.39, 0.29) is 5.91 Å². The van der Waals surface area contributed by atoms with E-state index in [1.54, 1.807) is 23.0 Å². The topological polar surface area (TPSA) is 72.2 Å². The van der Waals surface area contributed by atoms with Crippen LogP contribution in [-0.2, 0) is 11.3 Å². The Labute approximate surface area is 123 Å². The van der Waals surface area contributed by atoms with Crippen molar-refractivity contribution in [1.29, 1.82) is 0 Å². The van der Waals surface area contributed by atoms with Gasteiger partial charge in [0.15, 0.2) is 5.82 Å². The van der Waals surface area contributed by atoms with Gasteiger partial charge in [0.25, 0.3) is 5.78 Å². The Kier molecular flexibility index (Phi) is 3.09. The number of aromatic nitrogens is 4. The zero-order valence-electron chi connectivity index (χ0n) is 11.9. The zero-order valence-corrected chi connectivity index (χ0v) is 11.9. The second-order valence-electron chi connectivity index (χ2n) is 6.31. The Balaban J connectivity index is 1.32. The summed E-state index contributed by atoms with van der Waals surface area (Å²) in [6, 6.07) is 1.80. The highest BCUT2D eigenvalue weighted by atomic mass is 16.1. The van der Waals surface area contributed by atoms with Gasteiger partial charge in [-0.15, -0.1) is 5.10 Å². The Morgan fingerprint density at radius 3 is 3.10 bits per heavy atom. The number of fused-ring (bicyclic) bond motifs is 3. The average Bonchev–Trinajstić information content (AvgIpc) is 3.19. The van der Waals surface area contributed by atoms with Crippen LogP contribution in [0.1, 0.15) is 37.9 Å². The summed E-state index contributed by atoms with van der Waals surface area (Å²) < 4.78 is 1.62. The molecule has 2 fully saturated rings. The molecule has 110 valence electrons. The molecule has 0 aliphatic heterocycles. The van der Waals surface area contributed by atoms with Crippen molar-refractivity contribution < 1.29 is 4.79 Å². The number of carbonyl (C=O) groups is 1. The van der Waals surface area contributed by atoms with E-state index in [2.05, 4.69) is 20.4 Å². The zero-order chi connectivity index (χ0) is 14.2. The molecule has 2 heterocycles. The molecule has 3 atom stereocenters. The van der Waals surface area contributed by atoms with Gasteiger partial charge in [0.1, 0.15) is 0 Å². The molecule has 1 N–H and O–H groups in total. The number of nitrogens with one attached hydrogen (secondary N) is 1. The SMILES string of the molecule is O=C(CC1CC2CCC1C2)NCc1nc2ncccn2n1. The maximum Gasteiger partial charge on any atom is 0.252 e. The highest BCUT2D eigenvalue weighted by Crippen LogP contribution is 2.49. The van der Waals surface area contributed by atoms with Gasteiger partial charge in [0.05, 0.1) is 6.54 Å². The van der Waals surface area contributed by atoms with E-state index in [0.29, 0.717) is 30.5 Å². The molecular formula is C15H19N5O. The maximum atomic E-state index is 12.1. The van der Waals surface area contributed by atoms with Gasteiger partial charge >= 0.3 is 0 Å². The van der Waals surface area contributed by atoms with E-state index in [1.165, 1.54) is 25.7 Å². The minimum Gasteiger partial charge on any atom is -0.349 e. The highest BCUT2D eigenvalue weighted by Gasteiger charge is 2.40. The Morgan fingerprint density at radius 2 is 2.33 bits per heavy atom. The van der Waals surface area contributed by atoms with Crippen LogP contribution in [-0.4, -0.2) is 25.5 Å². The predicted molar refractivity (Wildman–Crippen MR) is 76.2 cm³/mol. The maximum absolute atomic E-state index is 12.1. The van der Waals surface area contributed by atoms with Crippen molar-refractivity contribution in [3.63, 3.8) is 0 Å². The molecule has 21 heavy (non-hydrogen) atoms. The van der Waals surface area contributed by atoms with Gasteiger partial charge in [-0.1, -0.05) is 6.42 Å². The van der Waals surface area contributed by atoms with Gasteiger partial charge in [-0.2, -0.15) is 4.98 Å². The fourth-order valence-corrected chi connectivity index (χ4v) is 3.97. The van der Waals surface area contributed by atoms with E-state index in [1.807, 2.05) is 0 Å². The minimum atomic E-state index is 0.124. The van der Waals surface area contributed by atoms with Crippen LogP contribution in [0.5, 0.6) is 0 Å². The van der Waals surface area contributed by atoms with Crippen LogP contribution in [0.3, 0.4) is 0 Å². The lowest BCUT2D eigenvalue weighted by Crippen LogP contribution is -2.27. The van der Waals surface area contributed by atoms with Crippen LogP contribution >= 0.6 is 0 Å². The predicted octanol–water partition coefficient (Wildman–Crippen LogP) is 1.57. The van der Waals surface area contributed by atoms with Crippen molar-refractivity contribution in [3.05, 3.63) is 24.3 Å². The summed E-state index contributed by atoms with van der Waals surface area (Å²) in [5.41, 5.74) is 0. The third-order valence-corrected chi connectivity index (χ3v) is 4.94. The number of nitrogens with zero attached hydrogens (tertiary/aromatic N) is 4. The highest BCUT2D eigenvalue weighted by molar-refractivity contribution is 5.76. The molecular weight excluding hydrogens is 266 g/mol. The monoisotopic (exact) mass is 285 g/mol. The normalized spacial score (nSPS) is 27.3. The molecule has 2 saturated carbocycles. The van der Waals surface area contributed by atoms with Crippen LogP contribution < -0.4 is 5.32 Å². The first-order chi connectivity index (χ1) is 10.3. The fourth-order valence-electron chi connectivity index (χ4n) is 3.97. The second kappa shape index (κ2) is 5.09. The van der Waals surface area contributed by atoms with E-state index in [4.69, 9.17) is 0 Å². The average molecular weight is 285 g/mol. The second-order valence-corrected chi connectivity index (χ2v) is 6.31. The van der Waals surface area contributed by atoms with Crippen LogP contribution in [0, 0.1) is 17.8 Å². The largest absolute Gasteiger partial charge is 0.349 e. The van der Waals surface area contributed by atoms with E-state index < -0.39 is 0 Å². The van der Waals surface area contributed by atoms with Crippen molar-refractivity contribution in [2.24, 2.45) is 17.8 Å². The van der Waals surface area contributed by atoms with Gasteiger partial charge in [-0.25, -0.2) is 9.50 Å². The number of rotatable bonds is 4.